The fourth-order valence-corrected chi connectivity index (χ4v) is 3.54. The minimum absolute atomic E-state index is 0.329. The number of fused-ring (bicyclic) bond motifs is 1. The van der Waals surface area contributed by atoms with Crippen molar-refractivity contribution in [1.82, 2.24) is 14.8 Å². The molecule has 1 aliphatic heterocycles. The molecule has 2 aliphatic rings. The largest absolute Gasteiger partial charge is 0.370 e. The van der Waals surface area contributed by atoms with Crippen LogP contribution in [0.3, 0.4) is 0 Å². The van der Waals surface area contributed by atoms with Crippen molar-refractivity contribution in [2.24, 2.45) is 0 Å². The first-order chi connectivity index (χ1) is 9.92. The highest BCUT2D eigenvalue weighted by atomic mass is 15.4. The Balaban J connectivity index is 1.70. The number of aromatic nitrogens is 3. The molecule has 1 fully saturated rings. The molecule has 0 saturated heterocycles. The minimum Gasteiger partial charge on any atom is -0.370 e. The normalized spacial score (nSPS) is 22.5. The third kappa shape index (κ3) is 1.99. The molecule has 0 aromatic carbocycles. The van der Waals surface area contributed by atoms with Crippen molar-refractivity contribution in [2.75, 3.05) is 11.9 Å². The Morgan fingerprint density at radius 1 is 1.20 bits per heavy atom. The van der Waals surface area contributed by atoms with E-state index in [4.69, 9.17) is 5.10 Å². The highest BCUT2D eigenvalue weighted by Gasteiger charge is 2.26. The van der Waals surface area contributed by atoms with Crippen LogP contribution in [-0.2, 0) is 0 Å². The second-order valence-electron chi connectivity index (χ2n) is 5.90. The Morgan fingerprint density at radius 3 is 2.90 bits per heavy atom. The van der Waals surface area contributed by atoms with Gasteiger partial charge in [-0.3, -0.25) is 4.98 Å². The van der Waals surface area contributed by atoms with Gasteiger partial charge in [0, 0.05) is 30.9 Å². The number of nitrogens with zero attached hydrogens (tertiary/aromatic N) is 3. The third-order valence-electron chi connectivity index (χ3n) is 4.62. The van der Waals surface area contributed by atoms with Crippen LogP contribution in [0, 0.1) is 0 Å². The van der Waals surface area contributed by atoms with Gasteiger partial charge in [0.05, 0.1) is 11.7 Å². The van der Waals surface area contributed by atoms with Gasteiger partial charge in [0.15, 0.2) is 0 Å². The number of hydrogen-bond acceptors (Lipinski definition) is 3. The molecule has 4 heteroatoms. The highest BCUT2D eigenvalue weighted by Crippen LogP contribution is 2.37. The molecule has 0 spiro atoms. The lowest BCUT2D eigenvalue weighted by Gasteiger charge is -2.25. The van der Waals surface area contributed by atoms with Crippen LogP contribution in [0.25, 0.3) is 0 Å². The standard InChI is InChI=1S/C16H20N4/c1-2-5-12(4-1)14-10-16-18-9-7-15(20(16)19-14)13-6-3-8-17-11-13/h3,6,8,10-12,15,18H,1-2,4-5,7,9H2. The molecule has 2 aromatic rings. The molecule has 1 aliphatic carbocycles. The maximum Gasteiger partial charge on any atom is 0.125 e. The van der Waals surface area contributed by atoms with Crippen molar-refractivity contribution < 1.29 is 0 Å². The van der Waals surface area contributed by atoms with Crippen LogP contribution in [0.1, 0.15) is 55.3 Å². The number of pyridine rings is 1. The second-order valence-corrected chi connectivity index (χ2v) is 5.90. The molecule has 4 nitrogen and oxygen atoms in total. The smallest absolute Gasteiger partial charge is 0.125 e. The van der Waals surface area contributed by atoms with Crippen molar-refractivity contribution in [2.45, 2.75) is 44.1 Å². The first-order valence-electron chi connectivity index (χ1n) is 7.65. The van der Waals surface area contributed by atoms with Gasteiger partial charge in [-0.2, -0.15) is 5.10 Å². The van der Waals surface area contributed by atoms with Crippen molar-refractivity contribution in [3.8, 4) is 0 Å². The Bertz CT molecular complexity index is 584. The highest BCUT2D eigenvalue weighted by molar-refractivity contribution is 5.42. The molecule has 0 radical (unpaired) electrons. The van der Waals surface area contributed by atoms with E-state index in [2.05, 4.69) is 27.1 Å². The molecule has 2 aromatic heterocycles. The average Bonchev–Trinajstić information content (AvgIpc) is 3.16. The summed E-state index contributed by atoms with van der Waals surface area (Å²) in [7, 11) is 0. The Kier molecular flexibility index (Phi) is 2.94. The van der Waals surface area contributed by atoms with Gasteiger partial charge in [0.2, 0.25) is 0 Å². The Hall–Kier alpha value is -1.84. The number of rotatable bonds is 2. The summed E-state index contributed by atoms with van der Waals surface area (Å²) < 4.78 is 2.17. The molecule has 1 unspecified atom stereocenters. The van der Waals surface area contributed by atoms with Gasteiger partial charge in [-0.05, 0) is 30.9 Å². The van der Waals surface area contributed by atoms with E-state index in [1.54, 1.807) is 0 Å². The summed E-state index contributed by atoms with van der Waals surface area (Å²) in [6.07, 6.45) is 10.2. The maximum absolute atomic E-state index is 4.92. The van der Waals surface area contributed by atoms with Crippen molar-refractivity contribution in [3.63, 3.8) is 0 Å². The zero-order valence-corrected chi connectivity index (χ0v) is 11.6. The van der Waals surface area contributed by atoms with E-state index in [0.29, 0.717) is 12.0 Å². The van der Waals surface area contributed by atoms with Gasteiger partial charge in [-0.1, -0.05) is 18.9 Å². The van der Waals surface area contributed by atoms with E-state index in [9.17, 15) is 0 Å². The molecule has 3 heterocycles. The summed E-state index contributed by atoms with van der Waals surface area (Å²) in [5.74, 6) is 1.84. The van der Waals surface area contributed by atoms with Crippen LogP contribution in [0.4, 0.5) is 5.82 Å². The SMILES string of the molecule is c1cncc(C2CCNc3cc(C4CCCC4)nn32)c1. The lowest BCUT2D eigenvalue weighted by Crippen LogP contribution is -2.24. The Morgan fingerprint density at radius 2 is 2.10 bits per heavy atom. The molecule has 0 amide bonds. The van der Waals surface area contributed by atoms with Gasteiger partial charge in [-0.15, -0.1) is 0 Å². The zero-order valence-electron chi connectivity index (χ0n) is 11.6. The maximum atomic E-state index is 4.92. The zero-order chi connectivity index (χ0) is 13.4. The second kappa shape index (κ2) is 4.93. The summed E-state index contributed by atoms with van der Waals surface area (Å²) in [6.45, 7) is 1.01. The molecule has 0 bridgehead atoms. The Labute approximate surface area is 119 Å². The summed E-state index contributed by atoms with van der Waals surface area (Å²) in [5.41, 5.74) is 2.54. The molecule has 1 atom stereocenters. The fraction of sp³-hybridized carbons (Fsp3) is 0.500. The molecular weight excluding hydrogens is 248 g/mol. The predicted molar refractivity (Wildman–Crippen MR) is 78.9 cm³/mol. The fourth-order valence-electron chi connectivity index (χ4n) is 3.54. The van der Waals surface area contributed by atoms with E-state index in [1.807, 2.05) is 18.5 Å². The first-order valence-corrected chi connectivity index (χ1v) is 7.65. The summed E-state index contributed by atoms with van der Waals surface area (Å²) in [5, 5.41) is 8.40. The van der Waals surface area contributed by atoms with Crippen LogP contribution in [0.5, 0.6) is 0 Å². The number of nitrogens with one attached hydrogen (secondary N) is 1. The number of hydrogen-bond donors (Lipinski definition) is 1. The van der Waals surface area contributed by atoms with Crippen LogP contribution < -0.4 is 5.32 Å². The van der Waals surface area contributed by atoms with Gasteiger partial charge in [-0.25, -0.2) is 4.68 Å². The third-order valence-corrected chi connectivity index (χ3v) is 4.62. The monoisotopic (exact) mass is 268 g/mol. The van der Waals surface area contributed by atoms with Crippen LogP contribution in [0.15, 0.2) is 30.6 Å². The summed E-state index contributed by atoms with van der Waals surface area (Å²) in [6, 6.07) is 6.76. The first kappa shape index (κ1) is 11.9. The lowest BCUT2D eigenvalue weighted by molar-refractivity contribution is 0.472. The van der Waals surface area contributed by atoms with E-state index in [-0.39, 0.29) is 0 Å². The van der Waals surface area contributed by atoms with Gasteiger partial charge < -0.3 is 5.32 Å². The van der Waals surface area contributed by atoms with Gasteiger partial charge in [0.25, 0.3) is 0 Å². The van der Waals surface area contributed by atoms with Crippen molar-refractivity contribution in [3.05, 3.63) is 41.9 Å². The average molecular weight is 268 g/mol. The van der Waals surface area contributed by atoms with E-state index < -0.39 is 0 Å². The summed E-state index contributed by atoms with van der Waals surface area (Å²) in [4.78, 5) is 4.26. The van der Waals surface area contributed by atoms with Gasteiger partial charge in [0.1, 0.15) is 5.82 Å². The van der Waals surface area contributed by atoms with E-state index in [1.165, 1.54) is 42.8 Å². The predicted octanol–water partition coefficient (Wildman–Crippen LogP) is 3.34. The lowest BCUT2D eigenvalue weighted by atomic mass is 10.0. The van der Waals surface area contributed by atoms with Crippen LogP contribution in [-0.4, -0.2) is 21.3 Å². The molecule has 4 rings (SSSR count). The van der Waals surface area contributed by atoms with Crippen LogP contribution >= 0.6 is 0 Å². The van der Waals surface area contributed by atoms with Gasteiger partial charge >= 0.3 is 0 Å². The van der Waals surface area contributed by atoms with Crippen molar-refractivity contribution in [1.29, 1.82) is 0 Å². The molecule has 1 saturated carbocycles. The minimum atomic E-state index is 0.329. The quantitative estimate of drug-likeness (QED) is 0.908. The van der Waals surface area contributed by atoms with Crippen LogP contribution in [0.2, 0.25) is 0 Å². The molecule has 104 valence electrons. The topological polar surface area (TPSA) is 42.7 Å². The molecule has 20 heavy (non-hydrogen) atoms. The molecular formula is C16H20N4. The van der Waals surface area contributed by atoms with E-state index >= 15 is 0 Å². The van der Waals surface area contributed by atoms with Crippen molar-refractivity contribution >= 4 is 5.82 Å². The van der Waals surface area contributed by atoms with E-state index in [0.717, 1.165) is 13.0 Å². The number of anilines is 1. The molecule has 1 N–H and O–H groups in total. The summed E-state index contributed by atoms with van der Waals surface area (Å²) >= 11 is 0.